The molecule has 2 aliphatic rings. The standard InChI is InChI=1S/C38H44N4O6/c1-3-47-38(43)37-30(14-8-19-48-34-15-6-10-27-9-4-5-11-28(27)34)29-12-7-13-31-35-32(26-46-24-23-45-22-18-42(37)36(29)31)39-40(2)33(35)25-41-16-20-44-21-17-41/h4-7,9-13,15H,3,8,14,16-26H2,1-2H3. The number of hydrogen-bond donors (Lipinski definition) is 0. The Labute approximate surface area is 281 Å². The number of carbonyl (C=O) groups excluding carboxylic acids is 1. The monoisotopic (exact) mass is 652 g/mol. The van der Waals surface area contributed by atoms with Crippen LogP contribution in [0.1, 0.15) is 40.8 Å². The highest BCUT2D eigenvalue weighted by Gasteiger charge is 2.29. The minimum Gasteiger partial charge on any atom is -0.493 e. The Morgan fingerprint density at radius 1 is 0.875 bits per heavy atom. The van der Waals surface area contributed by atoms with Crippen LogP contribution in [-0.2, 0) is 52.1 Å². The Kier molecular flexibility index (Phi) is 10.0. The number of rotatable bonds is 9. The van der Waals surface area contributed by atoms with Gasteiger partial charge in [0.2, 0.25) is 0 Å². The summed E-state index contributed by atoms with van der Waals surface area (Å²) in [6.07, 6.45) is 1.38. The fourth-order valence-corrected chi connectivity index (χ4v) is 7.07. The van der Waals surface area contributed by atoms with Gasteiger partial charge in [0.05, 0.1) is 69.8 Å². The number of nitrogens with zero attached hydrogens (tertiary/aromatic N) is 4. The largest absolute Gasteiger partial charge is 0.493 e. The number of morpholine rings is 1. The summed E-state index contributed by atoms with van der Waals surface area (Å²) in [5.74, 6) is 0.547. The van der Waals surface area contributed by atoms with Crippen LogP contribution in [0.25, 0.3) is 32.8 Å². The molecule has 10 nitrogen and oxygen atoms in total. The van der Waals surface area contributed by atoms with Gasteiger partial charge in [-0.1, -0.05) is 54.6 Å². The highest BCUT2D eigenvalue weighted by molar-refractivity contribution is 6.05. The van der Waals surface area contributed by atoms with Gasteiger partial charge in [-0.05, 0) is 36.8 Å². The zero-order valence-electron chi connectivity index (χ0n) is 27.9. The maximum Gasteiger partial charge on any atom is 0.355 e. The number of hydrogen-bond acceptors (Lipinski definition) is 8. The van der Waals surface area contributed by atoms with Crippen molar-refractivity contribution in [3.8, 4) is 16.9 Å². The fourth-order valence-electron chi connectivity index (χ4n) is 7.07. The SMILES string of the molecule is CCOC(=O)c1c(CCCOc2cccc3ccccc23)c2cccc3c2n1CCOCCOCc1nn(C)c(CN2CCOCC2)c1-3. The molecule has 252 valence electrons. The van der Waals surface area contributed by atoms with Crippen molar-refractivity contribution in [1.29, 1.82) is 0 Å². The van der Waals surface area contributed by atoms with E-state index in [4.69, 9.17) is 28.8 Å². The number of benzene rings is 3. The number of ether oxygens (including phenoxy) is 5. The van der Waals surface area contributed by atoms with Crippen molar-refractivity contribution in [2.24, 2.45) is 7.05 Å². The molecule has 0 N–H and O–H groups in total. The van der Waals surface area contributed by atoms with Gasteiger partial charge in [-0.2, -0.15) is 5.10 Å². The number of carbonyl (C=O) groups is 1. The maximum atomic E-state index is 13.8. The van der Waals surface area contributed by atoms with Crippen LogP contribution in [0.5, 0.6) is 5.75 Å². The first-order chi connectivity index (χ1) is 23.6. The Bertz CT molecular complexity index is 1880. The molecule has 1 fully saturated rings. The van der Waals surface area contributed by atoms with Crippen LogP contribution in [0.2, 0.25) is 0 Å². The van der Waals surface area contributed by atoms with Gasteiger partial charge in [-0.3, -0.25) is 9.58 Å². The molecule has 3 aromatic carbocycles. The van der Waals surface area contributed by atoms with E-state index < -0.39 is 0 Å². The zero-order chi connectivity index (χ0) is 32.9. The Hall–Kier alpha value is -4.22. The molecule has 7 rings (SSSR count). The first-order valence-corrected chi connectivity index (χ1v) is 17.1. The van der Waals surface area contributed by atoms with Crippen LogP contribution in [0.15, 0.2) is 60.7 Å². The third kappa shape index (κ3) is 6.58. The second-order valence-corrected chi connectivity index (χ2v) is 12.3. The van der Waals surface area contributed by atoms with Gasteiger partial charge < -0.3 is 28.3 Å². The van der Waals surface area contributed by atoms with Gasteiger partial charge >= 0.3 is 5.97 Å². The van der Waals surface area contributed by atoms with Crippen LogP contribution in [0, 0.1) is 0 Å². The van der Waals surface area contributed by atoms with Gasteiger partial charge in [0.15, 0.2) is 0 Å². The van der Waals surface area contributed by atoms with Crippen molar-refractivity contribution in [3.63, 3.8) is 0 Å². The van der Waals surface area contributed by atoms with Crippen LogP contribution in [0.3, 0.4) is 0 Å². The summed E-state index contributed by atoms with van der Waals surface area (Å²) in [4.78, 5) is 16.2. The normalized spacial score (nSPS) is 16.0. The molecule has 1 saturated heterocycles. The van der Waals surface area contributed by atoms with Crippen LogP contribution in [-0.4, -0.2) is 84.6 Å². The topological polar surface area (TPSA) is 89.2 Å². The lowest BCUT2D eigenvalue weighted by molar-refractivity contribution is 0.0332. The zero-order valence-corrected chi connectivity index (χ0v) is 27.9. The molecular weight excluding hydrogens is 608 g/mol. The summed E-state index contributed by atoms with van der Waals surface area (Å²) in [6.45, 7) is 8.81. The van der Waals surface area contributed by atoms with E-state index in [1.165, 1.54) is 0 Å². The minimum atomic E-state index is -0.319. The summed E-state index contributed by atoms with van der Waals surface area (Å²) in [5.41, 5.74) is 6.64. The molecule has 10 heteroatoms. The van der Waals surface area contributed by atoms with E-state index in [0.29, 0.717) is 58.3 Å². The molecule has 5 aromatic rings. The van der Waals surface area contributed by atoms with Crippen molar-refractivity contribution >= 4 is 27.6 Å². The molecule has 0 bridgehead atoms. The lowest BCUT2D eigenvalue weighted by Gasteiger charge is -2.27. The lowest BCUT2D eigenvalue weighted by atomic mass is 9.97. The van der Waals surface area contributed by atoms with E-state index in [1.807, 2.05) is 42.9 Å². The molecule has 2 aromatic heterocycles. The fraction of sp³-hybridized carbons (Fsp3) is 0.421. The molecule has 0 amide bonds. The second kappa shape index (κ2) is 14.9. The predicted octanol–water partition coefficient (Wildman–Crippen LogP) is 5.76. The molecule has 2 aliphatic heterocycles. The summed E-state index contributed by atoms with van der Waals surface area (Å²) in [7, 11) is 2.01. The van der Waals surface area contributed by atoms with E-state index in [9.17, 15) is 4.79 Å². The average Bonchev–Trinajstić information content (AvgIpc) is 3.59. The van der Waals surface area contributed by atoms with Crippen molar-refractivity contribution in [3.05, 3.63) is 83.3 Å². The van der Waals surface area contributed by atoms with Gasteiger partial charge in [0.25, 0.3) is 0 Å². The molecule has 0 saturated carbocycles. The van der Waals surface area contributed by atoms with E-state index in [2.05, 4.69) is 45.9 Å². The van der Waals surface area contributed by atoms with Crippen LogP contribution >= 0.6 is 0 Å². The van der Waals surface area contributed by atoms with Crippen molar-refractivity contribution in [1.82, 2.24) is 19.2 Å². The smallest absolute Gasteiger partial charge is 0.355 e. The molecule has 48 heavy (non-hydrogen) atoms. The van der Waals surface area contributed by atoms with E-state index in [1.54, 1.807) is 0 Å². The van der Waals surface area contributed by atoms with Gasteiger partial charge in [0.1, 0.15) is 11.4 Å². The number of aromatic nitrogens is 3. The second-order valence-electron chi connectivity index (χ2n) is 12.3. The lowest BCUT2D eigenvalue weighted by Crippen LogP contribution is -2.36. The first-order valence-electron chi connectivity index (χ1n) is 17.1. The molecule has 0 aliphatic carbocycles. The van der Waals surface area contributed by atoms with Gasteiger partial charge in [0, 0.05) is 55.1 Å². The highest BCUT2D eigenvalue weighted by Crippen LogP contribution is 2.39. The molecule has 0 spiro atoms. The predicted molar refractivity (Wildman–Crippen MR) is 184 cm³/mol. The van der Waals surface area contributed by atoms with Gasteiger partial charge in [-0.15, -0.1) is 0 Å². The maximum absolute atomic E-state index is 13.8. The molecular formula is C38H44N4O6. The Morgan fingerprint density at radius 3 is 2.50 bits per heavy atom. The van der Waals surface area contributed by atoms with Crippen molar-refractivity contribution in [2.75, 3.05) is 59.3 Å². The molecule has 4 heterocycles. The summed E-state index contributed by atoms with van der Waals surface area (Å²) in [6, 6.07) is 20.7. The number of aryl methyl sites for hydroxylation is 2. The quantitative estimate of drug-likeness (QED) is 0.147. The van der Waals surface area contributed by atoms with E-state index >= 15 is 0 Å². The summed E-state index contributed by atoms with van der Waals surface area (Å²) < 4.78 is 33.9. The summed E-state index contributed by atoms with van der Waals surface area (Å²) >= 11 is 0. The first kappa shape index (κ1) is 32.3. The Balaban J connectivity index is 1.31. The highest BCUT2D eigenvalue weighted by atomic mass is 16.5. The minimum absolute atomic E-state index is 0.293. The Morgan fingerprint density at radius 2 is 1.62 bits per heavy atom. The third-order valence-electron chi connectivity index (χ3n) is 9.29. The van der Waals surface area contributed by atoms with Crippen molar-refractivity contribution < 1.29 is 28.5 Å². The average molecular weight is 653 g/mol. The summed E-state index contributed by atoms with van der Waals surface area (Å²) in [5, 5.41) is 8.26. The number of fused-ring (bicyclic) bond motifs is 3. The van der Waals surface area contributed by atoms with E-state index in [0.717, 1.165) is 94.8 Å². The van der Waals surface area contributed by atoms with Crippen LogP contribution in [0.4, 0.5) is 0 Å². The van der Waals surface area contributed by atoms with Crippen LogP contribution < -0.4 is 4.74 Å². The number of esters is 1. The van der Waals surface area contributed by atoms with E-state index in [-0.39, 0.29) is 5.97 Å². The molecule has 0 radical (unpaired) electrons. The third-order valence-corrected chi connectivity index (χ3v) is 9.29. The van der Waals surface area contributed by atoms with Gasteiger partial charge in [-0.25, -0.2) is 4.79 Å². The van der Waals surface area contributed by atoms with Crippen molar-refractivity contribution in [2.45, 2.75) is 39.5 Å². The number of para-hydroxylation sites is 1. The molecule has 0 unspecified atom stereocenters. The molecule has 0 atom stereocenters.